The van der Waals surface area contributed by atoms with Crippen molar-refractivity contribution in [3.8, 4) is 11.5 Å². The van der Waals surface area contributed by atoms with E-state index in [0.717, 1.165) is 12.0 Å². The molecule has 0 heterocycles. The molecule has 0 saturated carbocycles. The second-order valence-corrected chi connectivity index (χ2v) is 3.55. The summed E-state index contributed by atoms with van der Waals surface area (Å²) in [7, 11) is 0. The Morgan fingerprint density at radius 3 is 2.22 bits per heavy atom. The third-order valence-corrected chi connectivity index (χ3v) is 2.29. The Morgan fingerprint density at radius 1 is 1.00 bits per heavy atom. The van der Waals surface area contributed by atoms with Crippen LogP contribution in [0.15, 0.2) is 59.8 Å². The summed E-state index contributed by atoms with van der Waals surface area (Å²) in [6.45, 7) is 0. The SMILES string of the molecule is O=C(/C=N/O)c1ccc(Oc2ccccc2)cc1. The standard InChI is InChI=1S/C14H11NO3/c16-14(10-15-17)11-6-8-13(9-7-11)18-12-4-2-1-3-5-12/h1-10,17H/b15-10+. The van der Waals surface area contributed by atoms with Crippen molar-refractivity contribution < 1.29 is 14.7 Å². The van der Waals surface area contributed by atoms with E-state index in [9.17, 15) is 4.79 Å². The summed E-state index contributed by atoms with van der Waals surface area (Å²) in [4.78, 5) is 11.4. The molecule has 0 unspecified atom stereocenters. The van der Waals surface area contributed by atoms with Crippen LogP contribution in [0.3, 0.4) is 0 Å². The molecule has 1 N–H and O–H groups in total. The van der Waals surface area contributed by atoms with Gasteiger partial charge in [0.05, 0.1) is 0 Å². The summed E-state index contributed by atoms with van der Waals surface area (Å²) in [5.74, 6) is 1.01. The van der Waals surface area contributed by atoms with Crippen LogP contribution in [-0.4, -0.2) is 17.2 Å². The molecule has 0 radical (unpaired) electrons. The van der Waals surface area contributed by atoms with Crippen LogP contribution in [0, 0.1) is 0 Å². The first kappa shape index (κ1) is 11.9. The van der Waals surface area contributed by atoms with E-state index in [1.807, 2.05) is 30.3 Å². The predicted octanol–water partition coefficient (Wildman–Crippen LogP) is 3.12. The number of hydrogen-bond donors (Lipinski definition) is 1. The molecule has 0 aliphatic rings. The Bertz CT molecular complexity index is 547. The average Bonchev–Trinajstić information content (AvgIpc) is 2.41. The predicted molar refractivity (Wildman–Crippen MR) is 67.6 cm³/mol. The zero-order chi connectivity index (χ0) is 12.8. The zero-order valence-corrected chi connectivity index (χ0v) is 9.48. The van der Waals surface area contributed by atoms with Crippen molar-refractivity contribution >= 4 is 12.0 Å². The van der Waals surface area contributed by atoms with Crippen molar-refractivity contribution in [2.24, 2.45) is 5.16 Å². The monoisotopic (exact) mass is 241 g/mol. The topological polar surface area (TPSA) is 58.9 Å². The highest BCUT2D eigenvalue weighted by Gasteiger charge is 2.03. The van der Waals surface area contributed by atoms with Crippen molar-refractivity contribution in [1.82, 2.24) is 0 Å². The Balaban J connectivity index is 2.11. The molecule has 0 aliphatic heterocycles. The lowest BCUT2D eigenvalue weighted by atomic mass is 10.1. The Morgan fingerprint density at radius 2 is 1.61 bits per heavy atom. The normalized spacial score (nSPS) is 10.4. The fourth-order valence-corrected chi connectivity index (χ4v) is 1.44. The number of oxime groups is 1. The lowest BCUT2D eigenvalue weighted by molar-refractivity contribution is 0.106. The van der Waals surface area contributed by atoms with Crippen molar-refractivity contribution in [1.29, 1.82) is 0 Å². The molecule has 0 bridgehead atoms. The Kier molecular flexibility index (Phi) is 3.71. The molecule has 2 aromatic carbocycles. The van der Waals surface area contributed by atoms with Crippen LogP contribution in [0.5, 0.6) is 11.5 Å². The summed E-state index contributed by atoms with van der Waals surface area (Å²) >= 11 is 0. The molecule has 0 atom stereocenters. The van der Waals surface area contributed by atoms with Gasteiger partial charge in [-0.1, -0.05) is 23.4 Å². The molecular formula is C14H11NO3. The van der Waals surface area contributed by atoms with Crippen LogP contribution < -0.4 is 4.74 Å². The van der Waals surface area contributed by atoms with Gasteiger partial charge < -0.3 is 9.94 Å². The van der Waals surface area contributed by atoms with Gasteiger partial charge in [0.1, 0.15) is 17.7 Å². The number of hydrogen-bond acceptors (Lipinski definition) is 4. The van der Waals surface area contributed by atoms with Crippen molar-refractivity contribution in [3.05, 3.63) is 60.2 Å². The van der Waals surface area contributed by atoms with E-state index in [1.165, 1.54) is 0 Å². The first-order valence-corrected chi connectivity index (χ1v) is 5.34. The van der Waals surface area contributed by atoms with Crippen LogP contribution in [-0.2, 0) is 0 Å². The minimum absolute atomic E-state index is 0.358. The van der Waals surface area contributed by atoms with Crippen LogP contribution in [0.4, 0.5) is 0 Å². The molecule has 2 aromatic rings. The van der Waals surface area contributed by atoms with Gasteiger partial charge in [0, 0.05) is 5.56 Å². The van der Waals surface area contributed by atoms with Gasteiger partial charge >= 0.3 is 0 Å². The molecule has 0 amide bonds. The van der Waals surface area contributed by atoms with Gasteiger partial charge in [-0.05, 0) is 36.4 Å². The number of benzene rings is 2. The molecule has 0 aliphatic carbocycles. The summed E-state index contributed by atoms with van der Waals surface area (Å²) in [5.41, 5.74) is 0.438. The largest absolute Gasteiger partial charge is 0.457 e. The molecule has 90 valence electrons. The van der Waals surface area contributed by atoms with Crippen molar-refractivity contribution in [2.75, 3.05) is 0 Å². The minimum atomic E-state index is -0.358. The third kappa shape index (κ3) is 2.95. The Hall–Kier alpha value is -2.62. The van der Waals surface area contributed by atoms with E-state index in [0.29, 0.717) is 11.3 Å². The zero-order valence-electron chi connectivity index (χ0n) is 9.48. The van der Waals surface area contributed by atoms with Crippen LogP contribution in [0.2, 0.25) is 0 Å². The highest BCUT2D eigenvalue weighted by atomic mass is 16.5. The first-order chi connectivity index (χ1) is 8.79. The van der Waals surface area contributed by atoms with Crippen LogP contribution in [0.25, 0.3) is 0 Å². The fraction of sp³-hybridized carbons (Fsp3) is 0. The van der Waals surface area contributed by atoms with E-state index in [-0.39, 0.29) is 5.78 Å². The smallest absolute Gasteiger partial charge is 0.207 e. The maximum Gasteiger partial charge on any atom is 0.207 e. The van der Waals surface area contributed by atoms with Crippen molar-refractivity contribution in [2.45, 2.75) is 0 Å². The molecule has 0 fully saturated rings. The number of carbonyl (C=O) groups is 1. The number of para-hydroxylation sites is 1. The summed E-state index contributed by atoms with van der Waals surface area (Å²) < 4.78 is 5.58. The summed E-state index contributed by atoms with van der Waals surface area (Å²) in [5, 5.41) is 11.0. The summed E-state index contributed by atoms with van der Waals surface area (Å²) in [6.07, 6.45) is 0.854. The summed E-state index contributed by atoms with van der Waals surface area (Å²) in [6, 6.07) is 16.0. The fourth-order valence-electron chi connectivity index (χ4n) is 1.44. The molecule has 18 heavy (non-hydrogen) atoms. The number of Topliss-reactive ketones (excluding diaryl/α,β-unsaturated/α-hetero) is 1. The van der Waals surface area contributed by atoms with Crippen molar-refractivity contribution in [3.63, 3.8) is 0 Å². The highest BCUT2D eigenvalue weighted by molar-refractivity contribution is 6.35. The highest BCUT2D eigenvalue weighted by Crippen LogP contribution is 2.21. The second kappa shape index (κ2) is 5.63. The van der Waals surface area contributed by atoms with Crippen LogP contribution >= 0.6 is 0 Å². The lowest BCUT2D eigenvalue weighted by Gasteiger charge is -2.05. The molecule has 4 nitrogen and oxygen atoms in total. The number of nitrogens with zero attached hydrogens (tertiary/aromatic N) is 1. The maximum absolute atomic E-state index is 11.4. The molecular weight excluding hydrogens is 230 g/mol. The van der Waals surface area contributed by atoms with E-state index >= 15 is 0 Å². The van der Waals surface area contributed by atoms with Gasteiger partial charge in [-0.25, -0.2) is 0 Å². The molecule has 0 saturated heterocycles. The molecule has 0 spiro atoms. The molecule has 2 rings (SSSR count). The molecule has 0 aromatic heterocycles. The maximum atomic E-state index is 11.4. The average molecular weight is 241 g/mol. The Labute approximate surface area is 104 Å². The number of rotatable bonds is 4. The van der Waals surface area contributed by atoms with Crippen LogP contribution in [0.1, 0.15) is 10.4 Å². The van der Waals surface area contributed by atoms with Gasteiger partial charge in [0.25, 0.3) is 0 Å². The van der Waals surface area contributed by atoms with Gasteiger partial charge in [-0.2, -0.15) is 0 Å². The first-order valence-electron chi connectivity index (χ1n) is 5.34. The quantitative estimate of drug-likeness (QED) is 0.387. The van der Waals surface area contributed by atoms with Gasteiger partial charge in [0.2, 0.25) is 5.78 Å². The minimum Gasteiger partial charge on any atom is -0.457 e. The van der Waals surface area contributed by atoms with Gasteiger partial charge in [-0.15, -0.1) is 0 Å². The second-order valence-electron chi connectivity index (χ2n) is 3.55. The number of ether oxygens (including phenoxy) is 1. The van der Waals surface area contributed by atoms with Gasteiger partial charge in [0.15, 0.2) is 0 Å². The van der Waals surface area contributed by atoms with E-state index in [4.69, 9.17) is 9.94 Å². The third-order valence-electron chi connectivity index (χ3n) is 2.29. The van der Waals surface area contributed by atoms with Gasteiger partial charge in [-0.3, -0.25) is 4.79 Å². The number of carbonyl (C=O) groups excluding carboxylic acids is 1. The van der Waals surface area contributed by atoms with E-state index in [1.54, 1.807) is 24.3 Å². The number of ketones is 1. The van der Waals surface area contributed by atoms with E-state index in [2.05, 4.69) is 5.16 Å². The van der Waals surface area contributed by atoms with E-state index < -0.39 is 0 Å². The lowest BCUT2D eigenvalue weighted by Crippen LogP contribution is -1.99. The molecule has 4 heteroatoms.